The Bertz CT molecular complexity index is 726. The van der Waals surface area contributed by atoms with Crippen molar-refractivity contribution < 1.29 is 10.0 Å². The molecule has 0 atom stereocenters. The Kier molecular flexibility index (Phi) is 3.80. The van der Waals surface area contributed by atoms with E-state index in [1.807, 2.05) is 0 Å². The van der Waals surface area contributed by atoms with Crippen LogP contribution in [-0.4, -0.2) is 10.0 Å². The predicted octanol–water partition coefficient (Wildman–Crippen LogP) is 3.08. The van der Waals surface area contributed by atoms with Crippen molar-refractivity contribution in [2.45, 2.75) is 0 Å². The number of aromatic hydroxyl groups is 1. The minimum Gasteiger partial charge on any atom is -0.504 e. The van der Waals surface area contributed by atoms with Crippen LogP contribution in [0.1, 0.15) is 0 Å². The summed E-state index contributed by atoms with van der Waals surface area (Å²) in [4.78, 5) is 21.1. The molecule has 7 nitrogen and oxygen atoms in total. The maximum atomic E-state index is 11.2. The summed E-state index contributed by atoms with van der Waals surface area (Å²) in [6, 6.07) is 10.8. The molecule has 2 rings (SSSR count). The number of benzene rings is 1. The number of rotatable bonds is 3. The van der Waals surface area contributed by atoms with E-state index in [2.05, 4.69) is 10.2 Å². The van der Waals surface area contributed by atoms with Crippen LogP contribution in [0.3, 0.4) is 0 Å². The van der Waals surface area contributed by atoms with Crippen molar-refractivity contribution in [1.82, 2.24) is 0 Å². The predicted molar refractivity (Wildman–Crippen MR) is 71.6 cm³/mol. The highest BCUT2D eigenvalue weighted by Crippen LogP contribution is 2.20. The molecule has 0 bridgehead atoms. The highest BCUT2D eigenvalue weighted by atomic mass is 16.6. The Morgan fingerprint density at radius 3 is 1.95 bits per heavy atom. The van der Waals surface area contributed by atoms with Gasteiger partial charge >= 0.3 is 0 Å². The lowest BCUT2D eigenvalue weighted by Crippen LogP contribution is -1.91. The molecular weight excluding hydrogens is 262 g/mol. The molecule has 100 valence electrons. The lowest BCUT2D eigenvalue weighted by atomic mass is 10.3. The molecule has 0 aromatic heterocycles. The van der Waals surface area contributed by atoms with E-state index in [-0.39, 0.29) is 11.4 Å². The van der Waals surface area contributed by atoms with Crippen molar-refractivity contribution in [3.8, 4) is 5.75 Å². The number of nitrogens with zero attached hydrogens (tertiary/aromatic N) is 3. The molecule has 0 saturated heterocycles. The zero-order valence-corrected chi connectivity index (χ0v) is 10.1. The first-order valence-corrected chi connectivity index (χ1v) is 5.56. The van der Waals surface area contributed by atoms with Crippen molar-refractivity contribution in [2.75, 3.05) is 0 Å². The van der Waals surface area contributed by atoms with Gasteiger partial charge in [-0.3, -0.25) is 14.9 Å². The van der Waals surface area contributed by atoms with Crippen molar-refractivity contribution in [2.24, 2.45) is 10.2 Å². The highest BCUT2D eigenvalue weighted by molar-refractivity contribution is 5.45. The Hall–Kier alpha value is -3.09. The first-order valence-electron chi connectivity index (χ1n) is 5.56. The number of non-ortho nitro benzene ring substituents is 1. The van der Waals surface area contributed by atoms with Crippen LogP contribution >= 0.6 is 0 Å². The molecule has 0 heterocycles. The third kappa shape index (κ3) is 3.22. The fourth-order valence-electron chi connectivity index (χ4n) is 1.37. The largest absolute Gasteiger partial charge is 0.504 e. The van der Waals surface area contributed by atoms with Crippen LogP contribution < -0.4 is 5.43 Å². The molecule has 1 N–H and O–H groups in total. The first-order chi connectivity index (χ1) is 9.56. The minimum absolute atomic E-state index is 0.0315. The SMILES string of the molecule is O=c1ccc(N=Nc2ccc([N+](=O)[O-])cc2)ccc1O. The fraction of sp³-hybridized carbons (Fsp3) is 0. The van der Waals surface area contributed by atoms with Gasteiger partial charge in [0.15, 0.2) is 5.75 Å². The number of nitro groups is 1. The smallest absolute Gasteiger partial charge is 0.269 e. The fourth-order valence-corrected chi connectivity index (χ4v) is 1.37. The molecule has 0 aliphatic heterocycles. The Morgan fingerprint density at radius 2 is 1.40 bits per heavy atom. The maximum Gasteiger partial charge on any atom is 0.269 e. The molecule has 0 aliphatic carbocycles. The first kappa shape index (κ1) is 13.3. The Morgan fingerprint density at radius 1 is 0.900 bits per heavy atom. The van der Waals surface area contributed by atoms with Gasteiger partial charge in [0.1, 0.15) is 0 Å². The van der Waals surface area contributed by atoms with Crippen LogP contribution in [0.5, 0.6) is 5.75 Å². The summed E-state index contributed by atoms with van der Waals surface area (Å²) in [6.07, 6.45) is 0. The molecule has 0 fully saturated rings. The van der Waals surface area contributed by atoms with Crippen LogP contribution in [0.4, 0.5) is 17.1 Å². The third-order valence-corrected chi connectivity index (χ3v) is 2.41. The summed E-state index contributed by atoms with van der Waals surface area (Å²) in [5.41, 5.74) is 0.271. The van der Waals surface area contributed by atoms with Gasteiger partial charge in [-0.05, 0) is 36.4 Å². The molecule has 0 saturated carbocycles. The average Bonchev–Trinajstić information content (AvgIpc) is 2.60. The number of azo groups is 1. The van der Waals surface area contributed by atoms with Crippen LogP contribution in [0.2, 0.25) is 0 Å². The van der Waals surface area contributed by atoms with E-state index in [0.717, 1.165) is 0 Å². The van der Waals surface area contributed by atoms with Gasteiger partial charge in [0, 0.05) is 12.1 Å². The average molecular weight is 271 g/mol. The quantitative estimate of drug-likeness (QED) is 0.526. The van der Waals surface area contributed by atoms with Gasteiger partial charge in [-0.15, -0.1) is 0 Å². The maximum absolute atomic E-state index is 11.2. The molecule has 0 unspecified atom stereocenters. The van der Waals surface area contributed by atoms with Gasteiger partial charge in [0.05, 0.1) is 16.3 Å². The van der Waals surface area contributed by atoms with Crippen LogP contribution in [0.25, 0.3) is 0 Å². The summed E-state index contributed by atoms with van der Waals surface area (Å²) in [7, 11) is 0. The lowest BCUT2D eigenvalue weighted by Gasteiger charge is -1.92. The molecule has 0 radical (unpaired) electrons. The van der Waals surface area contributed by atoms with Crippen LogP contribution in [0, 0.1) is 10.1 Å². The second kappa shape index (κ2) is 5.70. The molecule has 0 spiro atoms. The summed E-state index contributed by atoms with van der Waals surface area (Å²) in [6.45, 7) is 0. The summed E-state index contributed by atoms with van der Waals surface area (Å²) < 4.78 is 0. The van der Waals surface area contributed by atoms with E-state index in [1.54, 1.807) is 0 Å². The number of hydrogen-bond donors (Lipinski definition) is 1. The van der Waals surface area contributed by atoms with Crippen LogP contribution in [-0.2, 0) is 0 Å². The zero-order chi connectivity index (χ0) is 14.5. The minimum atomic E-state index is -0.512. The highest BCUT2D eigenvalue weighted by Gasteiger charge is 2.03. The van der Waals surface area contributed by atoms with Crippen molar-refractivity contribution in [3.63, 3.8) is 0 Å². The van der Waals surface area contributed by atoms with Crippen molar-refractivity contribution in [3.05, 3.63) is 68.9 Å². The normalized spacial score (nSPS) is 10.6. The molecule has 0 amide bonds. The van der Waals surface area contributed by atoms with E-state index in [4.69, 9.17) is 0 Å². The van der Waals surface area contributed by atoms with Crippen molar-refractivity contribution >= 4 is 17.1 Å². The molecular formula is C13H9N3O4. The molecule has 20 heavy (non-hydrogen) atoms. The molecule has 2 aromatic rings. The second-order valence-corrected chi connectivity index (χ2v) is 3.81. The summed E-state index contributed by atoms with van der Waals surface area (Å²) in [5, 5.41) is 27.5. The molecule has 2 aromatic carbocycles. The van der Waals surface area contributed by atoms with E-state index >= 15 is 0 Å². The molecule has 0 aliphatic rings. The topological polar surface area (TPSA) is 105 Å². The number of nitro benzene ring substituents is 1. The van der Waals surface area contributed by atoms with E-state index in [9.17, 15) is 20.0 Å². The standard InChI is InChI=1S/C13H9N3O4/c17-12-7-3-10(4-8-13(12)18)15-14-9-1-5-11(6-2-9)16(19)20/h1-8H,(H,17,18). The third-order valence-electron chi connectivity index (χ3n) is 2.41. The van der Waals surface area contributed by atoms with E-state index in [0.29, 0.717) is 11.4 Å². The molecule has 7 heteroatoms. The van der Waals surface area contributed by atoms with Gasteiger partial charge in [-0.25, -0.2) is 0 Å². The van der Waals surface area contributed by atoms with E-state index < -0.39 is 10.4 Å². The van der Waals surface area contributed by atoms with Crippen LogP contribution in [0.15, 0.2) is 63.6 Å². The van der Waals surface area contributed by atoms with Gasteiger partial charge in [-0.1, -0.05) is 0 Å². The van der Waals surface area contributed by atoms with Gasteiger partial charge in [0.25, 0.3) is 5.69 Å². The summed E-state index contributed by atoms with van der Waals surface area (Å²) in [5.74, 6) is -0.373. The second-order valence-electron chi connectivity index (χ2n) is 3.81. The van der Waals surface area contributed by atoms with E-state index in [1.165, 1.54) is 48.5 Å². The monoisotopic (exact) mass is 271 g/mol. The lowest BCUT2D eigenvalue weighted by molar-refractivity contribution is -0.384. The zero-order valence-electron chi connectivity index (χ0n) is 10.1. The van der Waals surface area contributed by atoms with Gasteiger partial charge in [-0.2, -0.15) is 10.2 Å². The Balaban J connectivity index is 2.23. The van der Waals surface area contributed by atoms with Crippen molar-refractivity contribution in [1.29, 1.82) is 0 Å². The van der Waals surface area contributed by atoms with Gasteiger partial charge < -0.3 is 5.11 Å². The summed E-state index contributed by atoms with van der Waals surface area (Å²) >= 11 is 0. The van der Waals surface area contributed by atoms with Gasteiger partial charge in [0.2, 0.25) is 5.43 Å². The Labute approximate surface area is 113 Å². The number of hydrogen-bond acceptors (Lipinski definition) is 6.